The molecule has 8 heteroatoms. The van der Waals surface area contributed by atoms with Crippen LogP contribution in [0, 0.1) is 13.8 Å². The van der Waals surface area contributed by atoms with Crippen LogP contribution in [0.4, 0.5) is 11.5 Å². The lowest BCUT2D eigenvalue weighted by molar-refractivity contribution is 0.405. The molecule has 7 nitrogen and oxygen atoms in total. The second kappa shape index (κ2) is 8.90. The van der Waals surface area contributed by atoms with Gasteiger partial charge in [0.05, 0.1) is 11.4 Å². The van der Waals surface area contributed by atoms with Gasteiger partial charge >= 0.3 is 0 Å². The van der Waals surface area contributed by atoms with Crippen LogP contribution in [-0.2, 0) is 18.4 Å². The third-order valence-electron chi connectivity index (χ3n) is 5.73. The van der Waals surface area contributed by atoms with Crippen LogP contribution in [0.15, 0.2) is 47.5 Å². The van der Waals surface area contributed by atoms with Gasteiger partial charge in [0.1, 0.15) is 22.9 Å². The Balaban J connectivity index is 1.50. The lowest BCUT2D eigenvalue weighted by atomic mass is 10.1. The van der Waals surface area contributed by atoms with Crippen LogP contribution in [0.1, 0.15) is 25.2 Å². The van der Waals surface area contributed by atoms with Gasteiger partial charge in [-0.1, -0.05) is 0 Å². The number of benzene rings is 1. The molecule has 0 bridgehead atoms. The SMILES string of the molecule is Cc1nn(C)c(C)c1N[S+]([O-])c1ccc(-c2ccnc(N3CC(C)NC(C)C3)c2)cc1. The van der Waals surface area contributed by atoms with Crippen molar-refractivity contribution in [3.63, 3.8) is 0 Å². The molecule has 1 fully saturated rings. The summed E-state index contributed by atoms with van der Waals surface area (Å²) in [5, 5.41) is 7.93. The van der Waals surface area contributed by atoms with Crippen LogP contribution < -0.4 is 14.9 Å². The molecule has 3 aromatic rings. The van der Waals surface area contributed by atoms with Gasteiger partial charge in [0.15, 0.2) is 4.90 Å². The summed E-state index contributed by atoms with van der Waals surface area (Å²) < 4.78 is 17.7. The Morgan fingerprint density at radius 3 is 2.35 bits per heavy atom. The van der Waals surface area contributed by atoms with E-state index in [1.165, 1.54) is 0 Å². The zero-order valence-corrected chi connectivity index (χ0v) is 19.5. The van der Waals surface area contributed by atoms with Gasteiger partial charge in [-0.2, -0.15) is 9.82 Å². The normalized spacial score (nSPS) is 20.0. The first-order chi connectivity index (χ1) is 14.8. The molecule has 1 saturated heterocycles. The minimum absolute atomic E-state index is 0.433. The quantitative estimate of drug-likeness (QED) is 0.594. The molecule has 0 amide bonds. The predicted octanol–water partition coefficient (Wildman–Crippen LogP) is 3.42. The number of hydrogen-bond acceptors (Lipinski definition) is 6. The summed E-state index contributed by atoms with van der Waals surface area (Å²) in [7, 11) is 1.88. The van der Waals surface area contributed by atoms with Gasteiger partial charge in [-0.15, -0.1) is 0 Å². The number of nitrogens with zero attached hydrogens (tertiary/aromatic N) is 4. The summed E-state index contributed by atoms with van der Waals surface area (Å²) in [5.74, 6) is 0.995. The maximum absolute atomic E-state index is 12.8. The average molecular weight is 439 g/mol. The molecule has 0 aliphatic carbocycles. The number of aromatic nitrogens is 3. The second-order valence-electron chi connectivity index (χ2n) is 8.34. The summed E-state index contributed by atoms with van der Waals surface area (Å²) in [5.41, 5.74) is 4.81. The molecule has 3 atom stereocenters. The van der Waals surface area contributed by atoms with Gasteiger partial charge in [0.25, 0.3) is 0 Å². The minimum atomic E-state index is -1.35. The smallest absolute Gasteiger partial charge is 0.179 e. The van der Waals surface area contributed by atoms with Crippen molar-refractivity contribution in [3.05, 3.63) is 54.0 Å². The van der Waals surface area contributed by atoms with E-state index >= 15 is 0 Å². The van der Waals surface area contributed by atoms with Gasteiger partial charge in [-0.3, -0.25) is 4.68 Å². The van der Waals surface area contributed by atoms with Crippen LogP contribution in [0.5, 0.6) is 0 Å². The molecule has 1 aromatic carbocycles. The highest BCUT2D eigenvalue weighted by molar-refractivity contribution is 7.92. The Labute approximate surface area is 187 Å². The standard InChI is InChI=1S/C23H30N6OS/c1-15-13-29(14-16(2)25-15)22-12-20(10-11-24-22)19-6-8-21(9-7-19)31(30)27-23-17(3)26-28(5)18(23)4/h6-12,15-16,25,27H,13-14H2,1-5H3. The molecule has 0 spiro atoms. The molecule has 0 radical (unpaired) electrons. The molecule has 3 unspecified atom stereocenters. The van der Waals surface area contributed by atoms with E-state index in [-0.39, 0.29) is 0 Å². The fraction of sp³-hybridized carbons (Fsp3) is 0.391. The van der Waals surface area contributed by atoms with Gasteiger partial charge in [0.2, 0.25) is 0 Å². The molecule has 164 valence electrons. The van der Waals surface area contributed by atoms with Gasteiger partial charge < -0.3 is 14.8 Å². The molecular weight excluding hydrogens is 408 g/mol. The summed E-state index contributed by atoms with van der Waals surface area (Å²) in [6.45, 7) is 10.2. The highest BCUT2D eigenvalue weighted by Crippen LogP contribution is 2.27. The molecule has 4 rings (SSSR count). The minimum Gasteiger partial charge on any atom is -0.588 e. The molecule has 31 heavy (non-hydrogen) atoms. The largest absolute Gasteiger partial charge is 0.588 e. The molecule has 2 aromatic heterocycles. The van der Waals surface area contributed by atoms with Crippen molar-refractivity contribution < 1.29 is 4.55 Å². The van der Waals surface area contributed by atoms with E-state index in [4.69, 9.17) is 0 Å². The Morgan fingerprint density at radius 2 is 1.74 bits per heavy atom. The van der Waals surface area contributed by atoms with Crippen LogP contribution in [0.25, 0.3) is 11.1 Å². The van der Waals surface area contributed by atoms with Gasteiger partial charge in [-0.05, 0) is 75.2 Å². The number of pyridine rings is 1. The summed E-state index contributed by atoms with van der Waals surface area (Å²) in [4.78, 5) is 7.66. The van der Waals surface area contributed by atoms with Crippen LogP contribution in [-0.4, -0.2) is 44.5 Å². The Bertz CT molecular complexity index is 1040. The first-order valence-electron chi connectivity index (χ1n) is 10.6. The Hall–Kier alpha value is -2.55. The van der Waals surface area contributed by atoms with Crippen molar-refractivity contribution in [2.24, 2.45) is 7.05 Å². The van der Waals surface area contributed by atoms with Crippen LogP contribution >= 0.6 is 0 Å². The Kier molecular flexibility index (Phi) is 6.22. The monoisotopic (exact) mass is 438 g/mol. The average Bonchev–Trinajstić information content (AvgIpc) is 2.99. The fourth-order valence-electron chi connectivity index (χ4n) is 4.13. The molecule has 2 N–H and O–H groups in total. The maximum atomic E-state index is 12.8. The third kappa shape index (κ3) is 4.71. The first-order valence-corrected chi connectivity index (χ1v) is 11.7. The fourth-order valence-corrected chi connectivity index (χ4v) is 5.11. The van der Waals surface area contributed by atoms with Crippen LogP contribution in [0.2, 0.25) is 0 Å². The molecule has 1 aliphatic rings. The van der Waals surface area contributed by atoms with E-state index in [1.807, 2.05) is 57.4 Å². The van der Waals surface area contributed by atoms with Crippen molar-refractivity contribution in [2.45, 2.75) is 44.7 Å². The zero-order chi connectivity index (χ0) is 22.1. The molecule has 3 heterocycles. The van der Waals surface area contributed by atoms with E-state index in [0.29, 0.717) is 12.1 Å². The summed E-state index contributed by atoms with van der Waals surface area (Å²) >= 11 is -1.35. The van der Waals surface area contributed by atoms with E-state index in [1.54, 1.807) is 4.68 Å². The lowest BCUT2D eigenvalue weighted by Crippen LogP contribution is -2.54. The predicted molar refractivity (Wildman–Crippen MR) is 127 cm³/mol. The molecular formula is C23H30N6OS. The van der Waals surface area contributed by atoms with Gasteiger partial charge in [-0.25, -0.2) is 4.98 Å². The topological polar surface area (TPSA) is 81.1 Å². The van der Waals surface area contributed by atoms with E-state index in [2.05, 4.69) is 44.9 Å². The van der Waals surface area contributed by atoms with Crippen LogP contribution in [0.3, 0.4) is 0 Å². The zero-order valence-electron chi connectivity index (χ0n) is 18.7. The maximum Gasteiger partial charge on any atom is 0.179 e. The third-order valence-corrected chi connectivity index (χ3v) is 6.82. The van der Waals surface area contributed by atoms with E-state index in [9.17, 15) is 4.55 Å². The van der Waals surface area contributed by atoms with Crippen molar-refractivity contribution in [2.75, 3.05) is 22.7 Å². The highest BCUT2D eigenvalue weighted by Gasteiger charge is 2.22. The molecule has 1 aliphatic heterocycles. The summed E-state index contributed by atoms with van der Waals surface area (Å²) in [6, 6.07) is 12.9. The van der Waals surface area contributed by atoms with Crippen molar-refractivity contribution in [3.8, 4) is 11.1 Å². The number of hydrogen-bond donors (Lipinski definition) is 2. The van der Waals surface area contributed by atoms with Gasteiger partial charge in [0, 0.05) is 38.4 Å². The van der Waals surface area contributed by atoms with Crippen molar-refractivity contribution in [1.29, 1.82) is 0 Å². The molecule has 0 saturated carbocycles. The van der Waals surface area contributed by atoms with E-state index < -0.39 is 11.4 Å². The number of nitrogens with one attached hydrogen (secondary N) is 2. The number of piperazine rings is 1. The summed E-state index contributed by atoms with van der Waals surface area (Å²) in [6.07, 6.45) is 1.86. The number of aryl methyl sites for hydroxylation is 2. The Morgan fingerprint density at radius 1 is 1.06 bits per heavy atom. The van der Waals surface area contributed by atoms with Crippen molar-refractivity contribution >= 4 is 22.9 Å². The highest BCUT2D eigenvalue weighted by atomic mass is 32.2. The van der Waals surface area contributed by atoms with Crippen molar-refractivity contribution in [1.82, 2.24) is 20.1 Å². The second-order valence-corrected chi connectivity index (χ2v) is 9.55. The first kappa shape index (κ1) is 21.7. The number of rotatable bonds is 5. The lowest BCUT2D eigenvalue weighted by Gasteiger charge is -2.37. The van der Waals surface area contributed by atoms with E-state index in [0.717, 1.165) is 52.0 Å². The number of anilines is 2.